The minimum atomic E-state index is -0.858. The lowest BCUT2D eigenvalue weighted by Gasteiger charge is -2.20. The number of likely N-dealkylation sites (tertiary alicyclic amines) is 1. The van der Waals surface area contributed by atoms with Crippen molar-refractivity contribution in [3.05, 3.63) is 52.5 Å². The molecule has 1 aromatic carbocycles. The molecule has 2 heterocycles. The van der Waals surface area contributed by atoms with Crippen LogP contribution in [0.2, 0.25) is 0 Å². The first-order valence-electron chi connectivity index (χ1n) is 8.63. The van der Waals surface area contributed by atoms with E-state index in [2.05, 4.69) is 15.2 Å². The third kappa shape index (κ3) is 4.52. The van der Waals surface area contributed by atoms with E-state index in [-0.39, 0.29) is 29.0 Å². The number of nitrogens with zero attached hydrogens (tertiary/aromatic N) is 4. The second-order valence-electron chi connectivity index (χ2n) is 6.63. The Balaban J connectivity index is 1.66. The molecule has 9 nitrogen and oxygen atoms in total. The molecule has 2 aromatic rings. The lowest BCUT2D eigenvalue weighted by Crippen LogP contribution is -2.37. The van der Waals surface area contributed by atoms with Crippen molar-refractivity contribution in [3.8, 4) is 11.5 Å². The standard InChI is InChI=1S/C18H20FN5O4/c1-22(2)13-6-8-23(11-13)18(25)21-17-10-14(5-7-20-17)28-16-4-3-12(24(26)27)9-15(16)19/h3-5,7,9-10,13H,6,8,11H2,1-2H3,(H,20,21,25)/t13-/m1/s1. The smallest absolute Gasteiger partial charge is 0.323 e. The first kappa shape index (κ1) is 19.5. The van der Waals surface area contributed by atoms with Crippen LogP contribution in [-0.4, -0.2) is 59.0 Å². The monoisotopic (exact) mass is 389 g/mol. The van der Waals surface area contributed by atoms with Crippen molar-refractivity contribution >= 4 is 17.5 Å². The number of halogens is 1. The van der Waals surface area contributed by atoms with Crippen LogP contribution in [0.5, 0.6) is 11.5 Å². The van der Waals surface area contributed by atoms with Gasteiger partial charge in [0.25, 0.3) is 5.69 Å². The number of anilines is 1. The number of rotatable bonds is 5. The van der Waals surface area contributed by atoms with E-state index < -0.39 is 10.7 Å². The van der Waals surface area contributed by atoms with Gasteiger partial charge in [-0.15, -0.1) is 0 Å². The fourth-order valence-corrected chi connectivity index (χ4v) is 2.89. The third-order valence-corrected chi connectivity index (χ3v) is 4.50. The number of non-ortho nitro benzene ring substituents is 1. The van der Waals surface area contributed by atoms with Gasteiger partial charge in [0.1, 0.15) is 11.6 Å². The van der Waals surface area contributed by atoms with Crippen molar-refractivity contribution in [2.75, 3.05) is 32.5 Å². The molecular formula is C18H20FN5O4. The Labute approximate surface area is 160 Å². The topological polar surface area (TPSA) is 101 Å². The van der Waals surface area contributed by atoms with Crippen LogP contribution in [0.3, 0.4) is 0 Å². The summed E-state index contributed by atoms with van der Waals surface area (Å²) in [5.41, 5.74) is -0.367. The van der Waals surface area contributed by atoms with Crippen LogP contribution in [0.1, 0.15) is 6.42 Å². The van der Waals surface area contributed by atoms with Gasteiger partial charge in [-0.1, -0.05) is 0 Å². The van der Waals surface area contributed by atoms with Crippen LogP contribution in [0.15, 0.2) is 36.5 Å². The van der Waals surface area contributed by atoms with Gasteiger partial charge in [-0.05, 0) is 32.6 Å². The second kappa shape index (κ2) is 8.17. The van der Waals surface area contributed by atoms with E-state index in [0.29, 0.717) is 19.1 Å². The molecule has 0 saturated carbocycles. The predicted molar refractivity (Wildman–Crippen MR) is 100 cm³/mol. The Morgan fingerprint density at radius 2 is 2.18 bits per heavy atom. The Hall–Kier alpha value is -3.27. The van der Waals surface area contributed by atoms with E-state index in [1.165, 1.54) is 24.4 Å². The molecule has 1 fully saturated rings. The molecule has 1 aliphatic rings. The van der Waals surface area contributed by atoms with Crippen molar-refractivity contribution in [3.63, 3.8) is 0 Å². The van der Waals surface area contributed by atoms with Crippen LogP contribution in [0, 0.1) is 15.9 Å². The highest BCUT2D eigenvalue weighted by atomic mass is 19.1. The van der Waals surface area contributed by atoms with Crippen molar-refractivity contribution < 1.29 is 18.8 Å². The number of pyridine rings is 1. The number of aromatic nitrogens is 1. The predicted octanol–water partition coefficient (Wildman–Crippen LogP) is 3.09. The molecule has 1 aromatic heterocycles. The number of hydrogen-bond donors (Lipinski definition) is 1. The molecule has 0 bridgehead atoms. The summed E-state index contributed by atoms with van der Waals surface area (Å²) in [4.78, 5) is 30.3. The maximum Gasteiger partial charge on any atom is 0.323 e. The Kier molecular flexibility index (Phi) is 5.69. The van der Waals surface area contributed by atoms with E-state index in [0.717, 1.165) is 18.6 Å². The molecule has 1 N–H and O–H groups in total. The number of nitro groups is 1. The van der Waals surface area contributed by atoms with Gasteiger partial charge in [-0.25, -0.2) is 14.2 Å². The molecule has 1 aliphatic heterocycles. The SMILES string of the molecule is CN(C)[C@@H]1CCN(C(=O)Nc2cc(Oc3ccc([N+](=O)[O-])cc3F)ccn2)C1. The summed E-state index contributed by atoms with van der Waals surface area (Å²) in [6.07, 6.45) is 2.32. The van der Waals surface area contributed by atoms with Gasteiger partial charge < -0.3 is 14.5 Å². The summed E-state index contributed by atoms with van der Waals surface area (Å²) in [5.74, 6) is -0.519. The summed E-state index contributed by atoms with van der Waals surface area (Å²) in [7, 11) is 3.96. The normalized spacial score (nSPS) is 16.3. The summed E-state index contributed by atoms with van der Waals surface area (Å²) in [5, 5.41) is 13.4. The lowest BCUT2D eigenvalue weighted by molar-refractivity contribution is -0.385. The maximum atomic E-state index is 14.0. The van der Waals surface area contributed by atoms with Crippen molar-refractivity contribution in [1.82, 2.24) is 14.8 Å². The second-order valence-corrected chi connectivity index (χ2v) is 6.63. The third-order valence-electron chi connectivity index (χ3n) is 4.50. The molecule has 1 saturated heterocycles. The Bertz CT molecular complexity index is 892. The number of ether oxygens (including phenoxy) is 1. The molecule has 0 unspecified atom stereocenters. The van der Waals surface area contributed by atoms with Crippen LogP contribution < -0.4 is 10.1 Å². The van der Waals surface area contributed by atoms with Gasteiger partial charge in [0.2, 0.25) is 0 Å². The van der Waals surface area contributed by atoms with Crippen LogP contribution in [0.25, 0.3) is 0 Å². The van der Waals surface area contributed by atoms with Crippen molar-refractivity contribution in [2.24, 2.45) is 0 Å². The maximum absolute atomic E-state index is 14.0. The average Bonchev–Trinajstić information content (AvgIpc) is 3.14. The first-order valence-corrected chi connectivity index (χ1v) is 8.63. The summed E-state index contributed by atoms with van der Waals surface area (Å²) < 4.78 is 19.4. The van der Waals surface area contributed by atoms with E-state index in [1.54, 1.807) is 4.90 Å². The minimum absolute atomic E-state index is 0.164. The van der Waals surface area contributed by atoms with Gasteiger partial charge in [0.15, 0.2) is 11.6 Å². The van der Waals surface area contributed by atoms with E-state index in [1.807, 2.05) is 14.1 Å². The van der Waals surface area contributed by atoms with Gasteiger partial charge in [0, 0.05) is 37.5 Å². The summed E-state index contributed by atoms with van der Waals surface area (Å²) in [6, 6.07) is 6.11. The first-order chi connectivity index (χ1) is 13.3. The van der Waals surface area contributed by atoms with E-state index in [9.17, 15) is 19.3 Å². The van der Waals surface area contributed by atoms with Crippen molar-refractivity contribution in [1.29, 1.82) is 0 Å². The average molecular weight is 389 g/mol. The van der Waals surface area contributed by atoms with Crippen molar-refractivity contribution in [2.45, 2.75) is 12.5 Å². The van der Waals surface area contributed by atoms with Gasteiger partial charge >= 0.3 is 6.03 Å². The molecule has 2 amide bonds. The van der Waals surface area contributed by atoms with Gasteiger partial charge in [0.05, 0.1) is 11.0 Å². The zero-order valence-corrected chi connectivity index (χ0v) is 15.5. The molecule has 10 heteroatoms. The fourth-order valence-electron chi connectivity index (χ4n) is 2.89. The number of likely N-dealkylation sites (N-methyl/N-ethyl adjacent to an activating group) is 1. The van der Waals surface area contributed by atoms with Crippen LogP contribution in [0.4, 0.5) is 20.7 Å². The number of carbonyl (C=O) groups is 1. The minimum Gasteiger partial charge on any atom is -0.454 e. The molecule has 1 atom stereocenters. The zero-order valence-electron chi connectivity index (χ0n) is 15.5. The number of nitro benzene ring substituents is 1. The van der Waals surface area contributed by atoms with E-state index in [4.69, 9.17) is 4.74 Å². The quantitative estimate of drug-likeness (QED) is 0.623. The Morgan fingerprint density at radius 3 is 2.82 bits per heavy atom. The largest absolute Gasteiger partial charge is 0.454 e. The summed E-state index contributed by atoms with van der Waals surface area (Å²) >= 11 is 0. The lowest BCUT2D eigenvalue weighted by atomic mass is 10.2. The molecule has 28 heavy (non-hydrogen) atoms. The molecule has 3 rings (SSSR count). The number of carbonyl (C=O) groups excluding carboxylic acids is 1. The molecule has 0 radical (unpaired) electrons. The summed E-state index contributed by atoms with van der Waals surface area (Å²) in [6.45, 7) is 1.28. The Morgan fingerprint density at radius 1 is 1.39 bits per heavy atom. The number of urea groups is 1. The van der Waals surface area contributed by atoms with Crippen LogP contribution >= 0.6 is 0 Å². The number of benzene rings is 1. The molecule has 148 valence electrons. The highest BCUT2D eigenvalue weighted by Gasteiger charge is 2.27. The number of amides is 2. The number of hydrogen-bond acceptors (Lipinski definition) is 6. The fraction of sp³-hybridized carbons (Fsp3) is 0.333. The van der Waals surface area contributed by atoms with Crippen LogP contribution in [-0.2, 0) is 0 Å². The molecule has 0 aliphatic carbocycles. The highest BCUT2D eigenvalue weighted by Crippen LogP contribution is 2.28. The molecule has 0 spiro atoms. The van der Waals surface area contributed by atoms with Gasteiger partial charge in [-0.3, -0.25) is 15.4 Å². The highest BCUT2D eigenvalue weighted by molar-refractivity contribution is 5.88. The number of nitrogens with one attached hydrogen (secondary N) is 1. The zero-order chi connectivity index (χ0) is 20.3. The van der Waals surface area contributed by atoms with E-state index >= 15 is 0 Å². The molecular weight excluding hydrogens is 369 g/mol. The van der Waals surface area contributed by atoms with Gasteiger partial charge in [-0.2, -0.15) is 0 Å².